The van der Waals surface area contributed by atoms with Crippen LogP contribution < -0.4 is 5.32 Å². The Balaban J connectivity index is 1.74. The van der Waals surface area contributed by atoms with E-state index >= 15 is 0 Å². The Hall–Kier alpha value is -1.00. The van der Waals surface area contributed by atoms with Crippen molar-refractivity contribution in [3.05, 3.63) is 30.3 Å². The van der Waals surface area contributed by atoms with Gasteiger partial charge in [0, 0.05) is 18.0 Å². The lowest BCUT2D eigenvalue weighted by molar-refractivity contribution is -0.120. The maximum atomic E-state index is 11.9. The lowest BCUT2D eigenvalue weighted by atomic mass is 10.2. The first-order chi connectivity index (χ1) is 8.75. The predicted molar refractivity (Wildman–Crippen MR) is 73.7 cm³/mol. The van der Waals surface area contributed by atoms with Crippen molar-refractivity contribution in [2.45, 2.75) is 36.0 Å². The number of nitrogens with one attached hydrogen (secondary N) is 1. The zero-order valence-corrected chi connectivity index (χ0v) is 11.4. The summed E-state index contributed by atoms with van der Waals surface area (Å²) in [5, 5.41) is 2.88. The highest BCUT2D eigenvalue weighted by Crippen LogP contribution is 2.22. The summed E-state index contributed by atoms with van der Waals surface area (Å²) < 4.78 is 5.48. The highest BCUT2D eigenvalue weighted by atomic mass is 32.2. The minimum Gasteiger partial charge on any atom is -0.376 e. The number of benzene rings is 1. The van der Waals surface area contributed by atoms with Gasteiger partial charge in [-0.1, -0.05) is 18.2 Å². The topological polar surface area (TPSA) is 38.3 Å². The first-order valence-corrected chi connectivity index (χ1v) is 7.24. The average molecular weight is 265 g/mol. The van der Waals surface area contributed by atoms with Crippen LogP contribution in [0, 0.1) is 0 Å². The lowest BCUT2D eigenvalue weighted by Gasteiger charge is -2.14. The van der Waals surface area contributed by atoms with Gasteiger partial charge in [0.2, 0.25) is 5.91 Å². The van der Waals surface area contributed by atoms with Crippen molar-refractivity contribution < 1.29 is 9.53 Å². The SMILES string of the molecule is CC(Sc1ccccc1)C(=O)NCC1CCCO1. The van der Waals surface area contributed by atoms with E-state index in [1.165, 1.54) is 0 Å². The number of amides is 1. The number of thioether (sulfide) groups is 1. The van der Waals surface area contributed by atoms with Crippen LogP contribution in [-0.2, 0) is 9.53 Å². The Morgan fingerprint density at radius 2 is 2.28 bits per heavy atom. The summed E-state index contributed by atoms with van der Waals surface area (Å²) in [5.41, 5.74) is 0. The van der Waals surface area contributed by atoms with Crippen molar-refractivity contribution in [1.29, 1.82) is 0 Å². The molecule has 2 rings (SSSR count). The van der Waals surface area contributed by atoms with Crippen LogP contribution in [0.15, 0.2) is 35.2 Å². The molecule has 3 nitrogen and oxygen atoms in total. The molecule has 0 saturated carbocycles. The molecule has 0 radical (unpaired) electrons. The van der Waals surface area contributed by atoms with E-state index in [1.54, 1.807) is 11.8 Å². The Morgan fingerprint density at radius 1 is 1.50 bits per heavy atom. The standard InChI is InChI=1S/C14H19NO2S/c1-11(18-13-7-3-2-4-8-13)14(16)15-10-12-6-5-9-17-12/h2-4,7-8,11-12H,5-6,9-10H2,1H3,(H,15,16). The molecule has 2 unspecified atom stereocenters. The van der Waals surface area contributed by atoms with Gasteiger partial charge in [0.25, 0.3) is 0 Å². The van der Waals surface area contributed by atoms with Crippen LogP contribution in [-0.4, -0.2) is 30.4 Å². The van der Waals surface area contributed by atoms with Gasteiger partial charge in [-0.15, -0.1) is 11.8 Å². The first kappa shape index (κ1) is 13.4. The number of ether oxygens (including phenoxy) is 1. The summed E-state index contributed by atoms with van der Waals surface area (Å²) >= 11 is 1.58. The van der Waals surface area contributed by atoms with Crippen molar-refractivity contribution in [3.8, 4) is 0 Å². The third-order valence-corrected chi connectivity index (χ3v) is 4.07. The second kappa shape index (κ2) is 6.81. The fourth-order valence-electron chi connectivity index (χ4n) is 1.92. The van der Waals surface area contributed by atoms with Crippen molar-refractivity contribution >= 4 is 17.7 Å². The molecule has 1 saturated heterocycles. The van der Waals surface area contributed by atoms with E-state index < -0.39 is 0 Å². The summed E-state index contributed by atoms with van der Waals surface area (Å²) in [6.07, 6.45) is 2.37. The van der Waals surface area contributed by atoms with E-state index in [0.29, 0.717) is 6.54 Å². The van der Waals surface area contributed by atoms with Crippen LogP contribution in [0.4, 0.5) is 0 Å². The van der Waals surface area contributed by atoms with Gasteiger partial charge in [-0.3, -0.25) is 4.79 Å². The number of carbonyl (C=O) groups is 1. The van der Waals surface area contributed by atoms with Gasteiger partial charge in [0.15, 0.2) is 0 Å². The van der Waals surface area contributed by atoms with E-state index in [-0.39, 0.29) is 17.3 Å². The average Bonchev–Trinajstić information content (AvgIpc) is 2.90. The van der Waals surface area contributed by atoms with Gasteiger partial charge in [-0.25, -0.2) is 0 Å². The maximum absolute atomic E-state index is 11.9. The molecule has 1 heterocycles. The third kappa shape index (κ3) is 4.03. The van der Waals surface area contributed by atoms with E-state index in [1.807, 2.05) is 37.3 Å². The Bertz CT molecular complexity index is 377. The predicted octanol–water partition coefficient (Wildman–Crippen LogP) is 2.46. The van der Waals surface area contributed by atoms with Crippen molar-refractivity contribution in [2.24, 2.45) is 0 Å². The van der Waals surface area contributed by atoms with Crippen LogP contribution >= 0.6 is 11.8 Å². The number of rotatable bonds is 5. The van der Waals surface area contributed by atoms with Gasteiger partial charge in [-0.05, 0) is 31.9 Å². The smallest absolute Gasteiger partial charge is 0.233 e. The highest BCUT2D eigenvalue weighted by Gasteiger charge is 2.19. The number of carbonyl (C=O) groups excluding carboxylic acids is 1. The van der Waals surface area contributed by atoms with Crippen LogP contribution in [0.1, 0.15) is 19.8 Å². The van der Waals surface area contributed by atoms with Gasteiger partial charge in [0.1, 0.15) is 0 Å². The molecule has 1 amide bonds. The molecule has 1 aromatic rings. The Labute approximate surface area is 112 Å². The number of hydrogen-bond acceptors (Lipinski definition) is 3. The molecular weight excluding hydrogens is 246 g/mol. The molecule has 2 atom stereocenters. The lowest BCUT2D eigenvalue weighted by Crippen LogP contribution is -2.36. The molecule has 18 heavy (non-hydrogen) atoms. The first-order valence-electron chi connectivity index (χ1n) is 6.37. The van der Waals surface area contributed by atoms with Crippen molar-refractivity contribution in [2.75, 3.05) is 13.2 Å². The fourth-order valence-corrected chi connectivity index (χ4v) is 2.83. The van der Waals surface area contributed by atoms with Crippen molar-refractivity contribution in [1.82, 2.24) is 5.32 Å². The Morgan fingerprint density at radius 3 is 2.94 bits per heavy atom. The summed E-state index contributed by atoms with van der Waals surface area (Å²) in [5.74, 6) is 0.0827. The second-order valence-corrected chi connectivity index (χ2v) is 5.87. The molecule has 1 fully saturated rings. The van der Waals surface area contributed by atoms with E-state index in [9.17, 15) is 4.79 Å². The van der Waals surface area contributed by atoms with Gasteiger partial charge in [0.05, 0.1) is 11.4 Å². The summed E-state index contributed by atoms with van der Waals surface area (Å²) in [6, 6.07) is 9.99. The molecule has 1 aromatic carbocycles. The highest BCUT2D eigenvalue weighted by molar-refractivity contribution is 8.00. The molecular formula is C14H19NO2S. The molecule has 98 valence electrons. The zero-order valence-electron chi connectivity index (χ0n) is 10.6. The molecule has 0 bridgehead atoms. The summed E-state index contributed by atoms with van der Waals surface area (Å²) in [7, 11) is 0. The van der Waals surface area contributed by atoms with Crippen LogP contribution in [0.2, 0.25) is 0 Å². The van der Waals surface area contributed by atoms with Gasteiger partial charge >= 0.3 is 0 Å². The largest absolute Gasteiger partial charge is 0.376 e. The zero-order chi connectivity index (χ0) is 12.8. The molecule has 4 heteroatoms. The molecule has 0 spiro atoms. The van der Waals surface area contributed by atoms with Crippen LogP contribution in [0.3, 0.4) is 0 Å². The quantitative estimate of drug-likeness (QED) is 0.831. The van der Waals surface area contributed by atoms with E-state index in [4.69, 9.17) is 4.74 Å². The normalized spacial score (nSPS) is 20.6. The van der Waals surface area contributed by atoms with E-state index in [2.05, 4.69) is 5.32 Å². The molecule has 0 aliphatic carbocycles. The second-order valence-electron chi connectivity index (χ2n) is 4.45. The van der Waals surface area contributed by atoms with E-state index in [0.717, 1.165) is 24.3 Å². The molecule has 1 aliphatic heterocycles. The molecule has 1 N–H and O–H groups in total. The monoisotopic (exact) mass is 265 g/mol. The fraction of sp³-hybridized carbons (Fsp3) is 0.500. The maximum Gasteiger partial charge on any atom is 0.233 e. The molecule has 0 aromatic heterocycles. The van der Waals surface area contributed by atoms with Gasteiger partial charge < -0.3 is 10.1 Å². The summed E-state index contributed by atoms with van der Waals surface area (Å²) in [4.78, 5) is 13.0. The van der Waals surface area contributed by atoms with Crippen LogP contribution in [0.25, 0.3) is 0 Å². The van der Waals surface area contributed by atoms with Crippen LogP contribution in [0.5, 0.6) is 0 Å². The van der Waals surface area contributed by atoms with Gasteiger partial charge in [-0.2, -0.15) is 0 Å². The Kier molecular flexibility index (Phi) is 5.08. The minimum absolute atomic E-state index is 0.0752. The minimum atomic E-state index is -0.0752. The summed E-state index contributed by atoms with van der Waals surface area (Å²) in [6.45, 7) is 3.40. The third-order valence-electron chi connectivity index (χ3n) is 2.95. The molecule has 1 aliphatic rings. The van der Waals surface area contributed by atoms with Crippen molar-refractivity contribution in [3.63, 3.8) is 0 Å². The number of hydrogen-bond donors (Lipinski definition) is 1.